The van der Waals surface area contributed by atoms with Gasteiger partial charge in [0.1, 0.15) is 16.3 Å². The summed E-state index contributed by atoms with van der Waals surface area (Å²) in [6, 6.07) is 6.54. The van der Waals surface area contributed by atoms with Crippen molar-refractivity contribution >= 4 is 39.2 Å². The minimum atomic E-state index is -0.835. The van der Waals surface area contributed by atoms with Crippen LogP contribution in [0.1, 0.15) is 46.1 Å². The number of methoxy groups -OCH3 is 1. The molecule has 0 fully saturated rings. The molecule has 0 aliphatic heterocycles. The summed E-state index contributed by atoms with van der Waals surface area (Å²) in [7, 11) is 1.34. The highest BCUT2D eigenvalue weighted by Crippen LogP contribution is 2.38. The first kappa shape index (κ1) is 21.1. The summed E-state index contributed by atoms with van der Waals surface area (Å²) >= 11 is 1.42. The minimum Gasteiger partial charge on any atom is -0.481 e. The summed E-state index contributed by atoms with van der Waals surface area (Å²) in [4.78, 5) is 37.9. The summed E-state index contributed by atoms with van der Waals surface area (Å²) in [6.45, 7) is 3.45. The highest BCUT2D eigenvalue weighted by atomic mass is 32.1. The number of rotatable bonds is 5. The molecule has 0 saturated heterocycles. The number of amides is 1. The van der Waals surface area contributed by atoms with Crippen molar-refractivity contribution in [2.75, 3.05) is 12.4 Å². The summed E-state index contributed by atoms with van der Waals surface area (Å²) in [5.41, 5.74) is 2.19. The van der Waals surface area contributed by atoms with Gasteiger partial charge in [-0.25, -0.2) is 9.59 Å². The van der Waals surface area contributed by atoms with Gasteiger partial charge in [0, 0.05) is 22.4 Å². The van der Waals surface area contributed by atoms with Crippen LogP contribution in [0.4, 0.5) is 5.00 Å². The number of nitrogens with one attached hydrogen (secondary N) is 1. The molecule has 0 bridgehead atoms. The van der Waals surface area contributed by atoms with Crippen molar-refractivity contribution in [3.05, 3.63) is 56.3 Å². The number of carbonyl (C=O) groups is 2. The lowest BCUT2D eigenvalue weighted by molar-refractivity contribution is -0.122. The maximum Gasteiger partial charge on any atom is 0.341 e. The molecule has 31 heavy (non-hydrogen) atoms. The zero-order chi connectivity index (χ0) is 22.1. The van der Waals surface area contributed by atoms with E-state index < -0.39 is 17.7 Å². The third-order valence-electron chi connectivity index (χ3n) is 5.40. The Morgan fingerprint density at radius 1 is 1.19 bits per heavy atom. The lowest BCUT2D eigenvalue weighted by Crippen LogP contribution is -2.30. The average molecular weight is 442 g/mol. The van der Waals surface area contributed by atoms with E-state index in [1.165, 1.54) is 24.5 Å². The van der Waals surface area contributed by atoms with Gasteiger partial charge in [-0.05, 0) is 62.8 Å². The third kappa shape index (κ3) is 4.20. The molecule has 1 aliphatic carbocycles. The van der Waals surface area contributed by atoms with E-state index >= 15 is 0 Å². The lowest BCUT2D eigenvalue weighted by Gasteiger charge is -2.15. The molecule has 1 N–H and O–H groups in total. The smallest absolute Gasteiger partial charge is 0.341 e. The van der Waals surface area contributed by atoms with E-state index in [1.807, 2.05) is 6.92 Å². The topological polar surface area (TPSA) is 94.8 Å². The second kappa shape index (κ2) is 8.55. The van der Waals surface area contributed by atoms with Crippen LogP contribution in [0.5, 0.6) is 5.75 Å². The maximum atomic E-state index is 12.8. The Morgan fingerprint density at radius 2 is 1.97 bits per heavy atom. The maximum absolute atomic E-state index is 12.8. The summed E-state index contributed by atoms with van der Waals surface area (Å²) in [6.07, 6.45) is 2.95. The van der Waals surface area contributed by atoms with Crippen LogP contribution >= 0.6 is 11.3 Å². The Labute approximate surface area is 183 Å². The van der Waals surface area contributed by atoms with Gasteiger partial charge in [0.05, 0.1) is 12.7 Å². The normalized spacial score (nSPS) is 14.0. The molecule has 7 nitrogen and oxygen atoms in total. The van der Waals surface area contributed by atoms with Crippen molar-refractivity contribution in [2.45, 2.75) is 45.6 Å². The fourth-order valence-electron chi connectivity index (χ4n) is 3.82. The zero-order valence-corrected chi connectivity index (χ0v) is 18.4. The van der Waals surface area contributed by atoms with Gasteiger partial charge in [-0.2, -0.15) is 0 Å². The van der Waals surface area contributed by atoms with Crippen LogP contribution in [0.25, 0.3) is 11.0 Å². The molecule has 2 heterocycles. The quantitative estimate of drug-likeness (QED) is 0.470. The van der Waals surface area contributed by atoms with Crippen molar-refractivity contribution in [2.24, 2.45) is 0 Å². The van der Waals surface area contributed by atoms with Gasteiger partial charge in [0.2, 0.25) is 0 Å². The first-order chi connectivity index (χ1) is 14.9. The molecule has 0 spiro atoms. The van der Waals surface area contributed by atoms with Crippen molar-refractivity contribution in [3.8, 4) is 5.75 Å². The molecule has 162 valence electrons. The third-order valence-corrected chi connectivity index (χ3v) is 6.61. The molecular formula is C23H23NO6S. The van der Waals surface area contributed by atoms with E-state index in [2.05, 4.69) is 5.32 Å². The van der Waals surface area contributed by atoms with Gasteiger partial charge in [-0.15, -0.1) is 11.3 Å². The molecule has 4 rings (SSSR count). The Bertz CT molecular complexity index is 1220. The average Bonchev–Trinajstić information content (AvgIpc) is 3.10. The molecule has 0 unspecified atom stereocenters. The number of carbonyl (C=O) groups excluding carboxylic acids is 2. The van der Waals surface area contributed by atoms with Crippen molar-refractivity contribution in [1.29, 1.82) is 0 Å². The van der Waals surface area contributed by atoms with E-state index in [1.54, 1.807) is 25.1 Å². The number of anilines is 1. The fourth-order valence-corrected chi connectivity index (χ4v) is 5.10. The van der Waals surface area contributed by atoms with E-state index in [0.29, 0.717) is 21.9 Å². The van der Waals surface area contributed by atoms with Gasteiger partial charge in [0.25, 0.3) is 5.91 Å². The highest BCUT2D eigenvalue weighted by Gasteiger charge is 2.28. The zero-order valence-electron chi connectivity index (χ0n) is 17.6. The predicted molar refractivity (Wildman–Crippen MR) is 118 cm³/mol. The van der Waals surface area contributed by atoms with Gasteiger partial charge in [-0.1, -0.05) is 0 Å². The fraction of sp³-hybridized carbons (Fsp3) is 0.348. The van der Waals surface area contributed by atoms with Crippen molar-refractivity contribution < 1.29 is 23.5 Å². The first-order valence-electron chi connectivity index (χ1n) is 10.1. The molecule has 3 aromatic rings. The number of ether oxygens (including phenoxy) is 2. The van der Waals surface area contributed by atoms with Gasteiger partial charge in [-0.3, -0.25) is 4.79 Å². The number of esters is 1. The Balaban J connectivity index is 1.54. The molecule has 8 heteroatoms. The molecule has 1 atom stereocenters. The molecule has 0 saturated carbocycles. The lowest BCUT2D eigenvalue weighted by atomic mass is 9.95. The molecule has 1 aromatic carbocycles. The first-order valence-corrected chi connectivity index (χ1v) is 10.9. The summed E-state index contributed by atoms with van der Waals surface area (Å²) < 4.78 is 16.0. The van der Waals surface area contributed by atoms with Crippen LogP contribution in [0.15, 0.2) is 33.5 Å². The Kier molecular flexibility index (Phi) is 5.82. The van der Waals surface area contributed by atoms with Crippen LogP contribution in [0.3, 0.4) is 0 Å². The van der Waals surface area contributed by atoms with Gasteiger partial charge in [0.15, 0.2) is 6.10 Å². The van der Waals surface area contributed by atoms with Crippen LogP contribution in [0.2, 0.25) is 0 Å². The number of fused-ring (bicyclic) bond motifs is 2. The minimum absolute atomic E-state index is 0.380. The molecule has 0 radical (unpaired) electrons. The summed E-state index contributed by atoms with van der Waals surface area (Å²) in [5.74, 6) is -0.416. The second-order valence-corrected chi connectivity index (χ2v) is 8.67. The number of thiophene rings is 1. The molecule has 2 aromatic heterocycles. The monoisotopic (exact) mass is 441 g/mol. The van der Waals surface area contributed by atoms with Crippen LogP contribution < -0.4 is 15.7 Å². The van der Waals surface area contributed by atoms with E-state index in [-0.39, 0.29) is 5.91 Å². The summed E-state index contributed by atoms with van der Waals surface area (Å²) in [5, 5.41) is 4.14. The number of hydrogen-bond acceptors (Lipinski definition) is 7. The number of benzene rings is 1. The van der Waals surface area contributed by atoms with Crippen molar-refractivity contribution in [1.82, 2.24) is 0 Å². The number of aryl methyl sites for hydroxylation is 2. The van der Waals surface area contributed by atoms with Crippen molar-refractivity contribution in [3.63, 3.8) is 0 Å². The SMILES string of the molecule is COC(=O)c1c(NC(=O)[C@@H](C)Oc2ccc3c(C)cc(=O)oc3c2)sc2c1CCCC2. The Hall–Kier alpha value is -3.13. The van der Waals surface area contributed by atoms with Gasteiger partial charge < -0.3 is 19.2 Å². The standard InChI is InChI=1S/C23H23NO6S/c1-12-10-19(25)30-17-11-14(8-9-15(12)17)29-13(2)21(26)24-22-20(23(27)28-3)16-6-4-5-7-18(16)31-22/h8-11,13H,4-7H2,1-3H3,(H,24,26)/t13-/m1/s1. The largest absolute Gasteiger partial charge is 0.481 e. The second-order valence-electron chi connectivity index (χ2n) is 7.56. The predicted octanol–water partition coefficient (Wildman–Crippen LogP) is 4.23. The molecule has 1 amide bonds. The van der Waals surface area contributed by atoms with E-state index in [9.17, 15) is 14.4 Å². The highest BCUT2D eigenvalue weighted by molar-refractivity contribution is 7.17. The molecule has 1 aliphatic rings. The molecular weight excluding hydrogens is 418 g/mol. The van der Waals surface area contributed by atoms with Gasteiger partial charge >= 0.3 is 11.6 Å². The van der Waals surface area contributed by atoms with Crippen LogP contribution in [0, 0.1) is 6.92 Å². The van der Waals surface area contributed by atoms with E-state index in [4.69, 9.17) is 13.9 Å². The van der Waals surface area contributed by atoms with Crippen LogP contribution in [-0.4, -0.2) is 25.1 Å². The number of hydrogen-bond donors (Lipinski definition) is 1. The van der Waals surface area contributed by atoms with E-state index in [0.717, 1.165) is 47.1 Å². The van der Waals surface area contributed by atoms with Crippen LogP contribution in [-0.2, 0) is 22.4 Å². The Morgan fingerprint density at radius 3 is 2.74 bits per heavy atom.